The average molecular weight is 225 g/mol. The summed E-state index contributed by atoms with van der Waals surface area (Å²) in [5, 5.41) is 3.37. The average Bonchev–Trinajstić information content (AvgIpc) is 2.28. The smallest absolute Gasteiger partial charge is 0.358 e. The van der Waals surface area contributed by atoms with Crippen molar-refractivity contribution in [2.75, 3.05) is 6.61 Å². The van der Waals surface area contributed by atoms with Crippen molar-refractivity contribution in [2.45, 2.75) is 11.3 Å². The number of ether oxygens (including phenoxy) is 1. The van der Waals surface area contributed by atoms with Crippen molar-refractivity contribution in [1.82, 2.24) is 5.43 Å². The third kappa shape index (κ3) is 1.76. The van der Waals surface area contributed by atoms with Gasteiger partial charge in [-0.05, 0) is 6.92 Å². The first-order chi connectivity index (χ1) is 6.00. The van der Waals surface area contributed by atoms with E-state index in [9.17, 15) is 9.59 Å². The van der Waals surface area contributed by atoms with Gasteiger partial charge in [0.1, 0.15) is 0 Å². The molecule has 0 atom stereocenters. The van der Waals surface area contributed by atoms with Crippen LogP contribution in [0.5, 0.6) is 0 Å². The maximum atomic E-state index is 11.1. The molecule has 0 unspecified atom stereocenters. The van der Waals surface area contributed by atoms with Crippen molar-refractivity contribution in [3.05, 3.63) is 0 Å². The quantitative estimate of drug-likeness (QED) is 0.539. The summed E-state index contributed by atoms with van der Waals surface area (Å²) in [6, 6.07) is 0. The number of nitrogens with zero attached hydrogens (tertiary/aromatic N) is 1. The first-order valence-electron chi connectivity index (χ1n) is 3.43. The monoisotopic (exact) mass is 224 g/mol. The van der Waals surface area contributed by atoms with E-state index < -0.39 is 16.2 Å². The first-order valence-corrected chi connectivity index (χ1v) is 4.19. The second kappa shape index (κ2) is 3.51. The summed E-state index contributed by atoms with van der Waals surface area (Å²) in [5.74, 6) is -1.55. The zero-order chi connectivity index (χ0) is 10.1. The molecule has 1 aliphatic rings. The van der Waals surface area contributed by atoms with Crippen LogP contribution in [0.25, 0.3) is 0 Å². The lowest BCUT2D eigenvalue weighted by molar-refractivity contribution is -0.135. The van der Waals surface area contributed by atoms with Gasteiger partial charge in [0.2, 0.25) is 4.33 Å². The lowest BCUT2D eigenvalue weighted by Crippen LogP contribution is -2.38. The van der Waals surface area contributed by atoms with Crippen LogP contribution in [0.1, 0.15) is 6.92 Å². The minimum atomic E-state index is -1.94. The Labute approximate surface area is 84.0 Å². The molecule has 0 spiro atoms. The minimum Gasteiger partial charge on any atom is -0.461 e. The fraction of sp³-hybridized carbons (Fsp3) is 0.500. The van der Waals surface area contributed by atoms with Gasteiger partial charge in [0.25, 0.3) is 5.91 Å². The Morgan fingerprint density at radius 1 is 1.69 bits per heavy atom. The number of rotatable bonds is 2. The Morgan fingerprint density at radius 3 is 2.69 bits per heavy atom. The van der Waals surface area contributed by atoms with Crippen LogP contribution in [-0.2, 0) is 14.3 Å². The van der Waals surface area contributed by atoms with E-state index in [1.807, 2.05) is 5.43 Å². The van der Waals surface area contributed by atoms with E-state index in [0.717, 1.165) is 0 Å². The Morgan fingerprint density at radius 2 is 2.31 bits per heavy atom. The predicted octanol–water partition coefficient (Wildman–Crippen LogP) is 0.209. The van der Waals surface area contributed by atoms with E-state index in [4.69, 9.17) is 23.2 Å². The number of carbonyl (C=O) groups is 2. The molecule has 1 aliphatic heterocycles. The summed E-state index contributed by atoms with van der Waals surface area (Å²) in [4.78, 5) is 22.0. The molecule has 0 fully saturated rings. The van der Waals surface area contributed by atoms with Gasteiger partial charge in [0.05, 0.1) is 6.61 Å². The number of nitrogens with one attached hydrogen (secondary N) is 1. The molecule has 0 radical (unpaired) electrons. The molecular formula is C6H6Cl2N2O3. The Kier molecular flexibility index (Phi) is 2.77. The first kappa shape index (κ1) is 10.3. The number of hydrogen-bond acceptors (Lipinski definition) is 4. The SMILES string of the molecule is CCOC(=O)C1=NNC(=O)C1(Cl)Cl. The van der Waals surface area contributed by atoms with Crippen LogP contribution in [-0.4, -0.2) is 28.5 Å². The molecule has 1 heterocycles. The van der Waals surface area contributed by atoms with E-state index in [2.05, 4.69) is 9.84 Å². The van der Waals surface area contributed by atoms with Crippen LogP contribution in [0.3, 0.4) is 0 Å². The molecule has 13 heavy (non-hydrogen) atoms. The van der Waals surface area contributed by atoms with Crippen LogP contribution < -0.4 is 5.43 Å². The molecule has 0 saturated carbocycles. The third-order valence-electron chi connectivity index (χ3n) is 1.32. The normalized spacial score (nSPS) is 19.3. The molecule has 1 N–H and O–H groups in total. The molecule has 1 rings (SSSR count). The highest BCUT2D eigenvalue weighted by molar-refractivity contribution is 6.76. The van der Waals surface area contributed by atoms with Crippen molar-refractivity contribution >= 4 is 40.8 Å². The number of esters is 1. The summed E-state index contributed by atoms with van der Waals surface area (Å²) < 4.78 is 2.64. The number of hydrazone groups is 1. The molecule has 0 aromatic carbocycles. The number of hydrogen-bond donors (Lipinski definition) is 1. The predicted molar refractivity (Wildman–Crippen MR) is 46.6 cm³/mol. The molecule has 5 nitrogen and oxygen atoms in total. The van der Waals surface area contributed by atoms with Gasteiger partial charge in [0.15, 0.2) is 5.71 Å². The number of alkyl halides is 2. The molecule has 1 amide bonds. The van der Waals surface area contributed by atoms with Gasteiger partial charge < -0.3 is 4.74 Å². The molecule has 0 aliphatic carbocycles. The van der Waals surface area contributed by atoms with Gasteiger partial charge in [-0.15, -0.1) is 0 Å². The van der Waals surface area contributed by atoms with Gasteiger partial charge >= 0.3 is 5.97 Å². The molecule has 0 aromatic rings. The fourth-order valence-electron chi connectivity index (χ4n) is 0.728. The molecular weight excluding hydrogens is 219 g/mol. The molecule has 7 heteroatoms. The van der Waals surface area contributed by atoms with Crippen molar-refractivity contribution in [3.8, 4) is 0 Å². The van der Waals surface area contributed by atoms with E-state index in [1.165, 1.54) is 0 Å². The van der Waals surface area contributed by atoms with Gasteiger partial charge in [0, 0.05) is 0 Å². The van der Waals surface area contributed by atoms with Gasteiger partial charge in [-0.2, -0.15) is 5.10 Å². The highest BCUT2D eigenvalue weighted by Gasteiger charge is 2.48. The zero-order valence-corrected chi connectivity index (χ0v) is 8.15. The Bertz CT molecular complexity index is 288. The minimum absolute atomic E-state index is 0.163. The lowest BCUT2D eigenvalue weighted by atomic mass is 10.2. The highest BCUT2D eigenvalue weighted by Crippen LogP contribution is 2.27. The van der Waals surface area contributed by atoms with E-state index >= 15 is 0 Å². The molecule has 0 aromatic heterocycles. The van der Waals surface area contributed by atoms with Gasteiger partial charge in [-0.3, -0.25) is 4.79 Å². The van der Waals surface area contributed by atoms with Gasteiger partial charge in [-0.25, -0.2) is 10.2 Å². The second-order valence-electron chi connectivity index (χ2n) is 2.20. The van der Waals surface area contributed by atoms with E-state index in [1.54, 1.807) is 6.92 Å². The van der Waals surface area contributed by atoms with Crippen LogP contribution in [0, 0.1) is 0 Å². The van der Waals surface area contributed by atoms with Crippen molar-refractivity contribution in [2.24, 2.45) is 5.10 Å². The lowest BCUT2D eigenvalue weighted by Gasteiger charge is -2.09. The number of halogens is 2. The fourth-order valence-corrected chi connectivity index (χ4v) is 1.05. The highest BCUT2D eigenvalue weighted by atomic mass is 35.5. The van der Waals surface area contributed by atoms with E-state index in [0.29, 0.717) is 0 Å². The Balaban J connectivity index is 2.83. The summed E-state index contributed by atoms with van der Waals surface area (Å²) in [6.45, 7) is 1.78. The molecule has 0 saturated heterocycles. The van der Waals surface area contributed by atoms with Crippen LogP contribution >= 0.6 is 23.2 Å². The summed E-state index contributed by atoms with van der Waals surface area (Å²) in [5.41, 5.74) is 1.65. The van der Waals surface area contributed by atoms with Crippen LogP contribution in [0.15, 0.2) is 5.10 Å². The molecule has 0 bridgehead atoms. The topological polar surface area (TPSA) is 67.8 Å². The zero-order valence-electron chi connectivity index (χ0n) is 6.63. The van der Waals surface area contributed by atoms with Crippen LogP contribution in [0.2, 0.25) is 0 Å². The Hall–Kier alpha value is -0.810. The maximum absolute atomic E-state index is 11.1. The largest absolute Gasteiger partial charge is 0.461 e. The summed E-state index contributed by atoms with van der Waals surface area (Å²) in [6.07, 6.45) is 0. The van der Waals surface area contributed by atoms with E-state index in [-0.39, 0.29) is 12.3 Å². The third-order valence-corrected chi connectivity index (χ3v) is 2.02. The van der Waals surface area contributed by atoms with Crippen molar-refractivity contribution in [3.63, 3.8) is 0 Å². The van der Waals surface area contributed by atoms with Gasteiger partial charge in [-0.1, -0.05) is 23.2 Å². The maximum Gasteiger partial charge on any atom is 0.358 e. The number of carbonyl (C=O) groups excluding carboxylic acids is 2. The number of amides is 1. The standard InChI is InChI=1S/C6H6Cl2N2O3/c1-2-13-4(11)3-6(7,8)5(12)10-9-3/h2H2,1H3,(H,10,12). The van der Waals surface area contributed by atoms with Crippen LogP contribution in [0.4, 0.5) is 0 Å². The summed E-state index contributed by atoms with van der Waals surface area (Å²) >= 11 is 11.1. The second-order valence-corrected chi connectivity index (χ2v) is 3.52. The van der Waals surface area contributed by atoms with Crippen molar-refractivity contribution < 1.29 is 14.3 Å². The molecule has 72 valence electrons. The van der Waals surface area contributed by atoms with Crippen molar-refractivity contribution in [1.29, 1.82) is 0 Å². The summed E-state index contributed by atoms with van der Waals surface area (Å²) in [7, 11) is 0.